The molecule has 2 saturated heterocycles. The van der Waals surface area contributed by atoms with Crippen LogP contribution in [-0.4, -0.2) is 58.9 Å². The molecule has 0 saturated carbocycles. The van der Waals surface area contributed by atoms with E-state index in [9.17, 15) is 0 Å². The van der Waals surface area contributed by atoms with Gasteiger partial charge in [-0.25, -0.2) is 14.6 Å². The van der Waals surface area contributed by atoms with Crippen molar-refractivity contribution in [1.82, 2.24) is 24.9 Å². The minimum Gasteiger partial charge on any atom is -0.368 e. The van der Waals surface area contributed by atoms with Gasteiger partial charge in [-0.1, -0.05) is 13.8 Å². The molecule has 0 atom stereocenters. The molecule has 2 fully saturated rings. The second-order valence-corrected chi connectivity index (χ2v) is 8.68. The number of nitrogens with zero attached hydrogens (tertiary/aromatic N) is 6. The van der Waals surface area contributed by atoms with Crippen LogP contribution < -0.4 is 20.5 Å². The summed E-state index contributed by atoms with van der Waals surface area (Å²) in [5.74, 6) is 1.40. The van der Waals surface area contributed by atoms with E-state index < -0.39 is 0 Å². The zero-order chi connectivity index (χ0) is 21.9. The van der Waals surface area contributed by atoms with Gasteiger partial charge in [-0.15, -0.1) is 0 Å². The fourth-order valence-corrected chi connectivity index (χ4v) is 4.83. The van der Waals surface area contributed by atoms with E-state index >= 15 is 0 Å². The van der Waals surface area contributed by atoms with Crippen molar-refractivity contribution in [3.63, 3.8) is 0 Å². The first kappa shape index (κ1) is 21.0. The molecular formula is C24H34N8. The average Bonchev–Trinajstić information content (AvgIpc) is 3.24. The van der Waals surface area contributed by atoms with Crippen LogP contribution >= 0.6 is 0 Å². The molecule has 0 bridgehead atoms. The number of piperazine rings is 1. The molecule has 2 aliphatic rings. The summed E-state index contributed by atoms with van der Waals surface area (Å²) >= 11 is 0. The molecule has 0 spiro atoms. The highest BCUT2D eigenvalue weighted by Gasteiger charge is 2.20. The molecule has 0 unspecified atom stereocenters. The van der Waals surface area contributed by atoms with Crippen LogP contribution in [0.25, 0.3) is 11.0 Å². The van der Waals surface area contributed by atoms with Gasteiger partial charge < -0.3 is 20.5 Å². The van der Waals surface area contributed by atoms with Gasteiger partial charge in [-0.05, 0) is 49.8 Å². The number of nitrogens with one attached hydrogen (secondary N) is 2. The predicted octanol–water partition coefficient (Wildman–Crippen LogP) is 3.23. The lowest BCUT2D eigenvalue weighted by atomic mass is 10.1. The second kappa shape index (κ2) is 9.32. The number of hydrogen-bond donors (Lipinski definition) is 2. The Balaban J connectivity index is 1.46. The lowest BCUT2D eigenvalue weighted by Crippen LogP contribution is -2.43. The number of rotatable bonds is 6. The van der Waals surface area contributed by atoms with Crippen molar-refractivity contribution in [1.29, 1.82) is 0 Å². The Morgan fingerprint density at radius 1 is 0.969 bits per heavy atom. The van der Waals surface area contributed by atoms with E-state index in [-0.39, 0.29) is 0 Å². The number of aryl methyl sites for hydroxylation is 2. The summed E-state index contributed by atoms with van der Waals surface area (Å²) < 4.78 is 2.28. The molecule has 0 aromatic carbocycles. The smallest absolute Gasteiger partial charge is 0.230 e. The summed E-state index contributed by atoms with van der Waals surface area (Å²) in [4.78, 5) is 16.9. The molecule has 0 radical (unpaired) electrons. The van der Waals surface area contributed by atoms with Crippen molar-refractivity contribution in [2.24, 2.45) is 0 Å². The fraction of sp³-hybridized carbons (Fsp3) is 0.542. The Labute approximate surface area is 190 Å². The number of anilines is 3. The van der Waals surface area contributed by atoms with Gasteiger partial charge in [0.05, 0.1) is 17.6 Å². The zero-order valence-electron chi connectivity index (χ0n) is 19.3. The highest BCUT2D eigenvalue weighted by molar-refractivity contribution is 5.84. The van der Waals surface area contributed by atoms with Crippen LogP contribution in [0.1, 0.15) is 44.4 Å². The van der Waals surface area contributed by atoms with Crippen molar-refractivity contribution >= 4 is 28.5 Å². The van der Waals surface area contributed by atoms with E-state index in [0.29, 0.717) is 5.95 Å². The van der Waals surface area contributed by atoms with E-state index in [1.165, 1.54) is 30.2 Å². The number of aromatic nitrogens is 4. The molecule has 32 heavy (non-hydrogen) atoms. The van der Waals surface area contributed by atoms with E-state index in [1.807, 2.05) is 12.3 Å². The van der Waals surface area contributed by atoms with Gasteiger partial charge in [0.15, 0.2) is 5.65 Å². The lowest BCUT2D eigenvalue weighted by molar-refractivity contribution is 0.485. The van der Waals surface area contributed by atoms with Crippen molar-refractivity contribution < 1.29 is 0 Å². The molecule has 3 aromatic rings. The number of fused-ring (bicyclic) bond motifs is 1. The minimum absolute atomic E-state index is 0.621. The Hall–Kier alpha value is -2.87. The van der Waals surface area contributed by atoms with Gasteiger partial charge in [0.25, 0.3) is 0 Å². The monoisotopic (exact) mass is 434 g/mol. The lowest BCUT2D eigenvalue weighted by Gasteiger charge is -2.30. The third-order valence-electron chi connectivity index (χ3n) is 6.60. The van der Waals surface area contributed by atoms with Gasteiger partial charge in [-0.3, -0.25) is 0 Å². The van der Waals surface area contributed by atoms with Gasteiger partial charge in [0, 0.05) is 50.9 Å². The maximum atomic E-state index is 4.98. The summed E-state index contributed by atoms with van der Waals surface area (Å²) in [6, 6.07) is 4.16. The average molecular weight is 435 g/mol. The molecule has 8 heteroatoms. The maximum Gasteiger partial charge on any atom is 0.230 e. The standard InChI is InChI=1S/C24H34N8/c1-3-18-17-32(31-12-6-5-7-13-31)23-22(18)20(4-2)27-24(29-23)28-21-9-8-19(16-26-21)30-14-10-25-11-15-30/h8-9,16-17,25H,3-7,10-15H2,1-2H3,(H,26,27,28,29). The molecule has 8 nitrogen and oxygen atoms in total. The molecule has 0 amide bonds. The second-order valence-electron chi connectivity index (χ2n) is 8.68. The van der Waals surface area contributed by atoms with Gasteiger partial charge in [0.1, 0.15) is 5.82 Å². The van der Waals surface area contributed by atoms with Gasteiger partial charge in [-0.2, -0.15) is 4.98 Å². The largest absolute Gasteiger partial charge is 0.368 e. The Morgan fingerprint density at radius 2 is 1.78 bits per heavy atom. The molecule has 5 heterocycles. The summed E-state index contributed by atoms with van der Waals surface area (Å²) in [5.41, 5.74) is 4.60. The summed E-state index contributed by atoms with van der Waals surface area (Å²) in [6.07, 6.45) is 9.86. The first-order valence-electron chi connectivity index (χ1n) is 12.1. The normalized spacial score (nSPS) is 17.2. The Bertz CT molecular complexity index is 1050. The zero-order valence-corrected chi connectivity index (χ0v) is 19.3. The van der Waals surface area contributed by atoms with Gasteiger partial charge in [0.2, 0.25) is 5.95 Å². The number of pyridine rings is 1. The van der Waals surface area contributed by atoms with Crippen molar-refractivity contribution in [2.75, 3.05) is 54.5 Å². The number of piperidine rings is 1. The van der Waals surface area contributed by atoms with Crippen LogP contribution in [0.4, 0.5) is 17.5 Å². The third-order valence-corrected chi connectivity index (χ3v) is 6.60. The van der Waals surface area contributed by atoms with Crippen molar-refractivity contribution in [2.45, 2.75) is 46.0 Å². The first-order chi connectivity index (χ1) is 15.8. The molecule has 0 aliphatic carbocycles. The quantitative estimate of drug-likeness (QED) is 0.617. The highest BCUT2D eigenvalue weighted by Crippen LogP contribution is 2.27. The SMILES string of the molecule is CCc1cn(N2CCCCC2)c2nc(Nc3ccc(N4CCNCC4)cn3)nc(CC)c12. The van der Waals surface area contributed by atoms with Crippen LogP contribution in [-0.2, 0) is 12.8 Å². The fourth-order valence-electron chi connectivity index (χ4n) is 4.83. The Kier molecular flexibility index (Phi) is 6.12. The first-order valence-corrected chi connectivity index (χ1v) is 12.1. The highest BCUT2D eigenvalue weighted by atomic mass is 15.6. The summed E-state index contributed by atoms with van der Waals surface area (Å²) in [7, 11) is 0. The minimum atomic E-state index is 0.621. The van der Waals surface area contributed by atoms with E-state index in [4.69, 9.17) is 9.97 Å². The van der Waals surface area contributed by atoms with E-state index in [1.54, 1.807) is 0 Å². The molecule has 2 aliphatic heterocycles. The van der Waals surface area contributed by atoms with Crippen LogP contribution in [0.3, 0.4) is 0 Å². The summed E-state index contributed by atoms with van der Waals surface area (Å²) in [5, 5.41) is 10.4. The van der Waals surface area contributed by atoms with E-state index in [0.717, 1.165) is 75.0 Å². The van der Waals surface area contributed by atoms with Gasteiger partial charge >= 0.3 is 0 Å². The number of hydrogen-bond acceptors (Lipinski definition) is 7. The van der Waals surface area contributed by atoms with Crippen LogP contribution in [0, 0.1) is 0 Å². The third kappa shape index (κ3) is 4.11. The molecular weight excluding hydrogens is 400 g/mol. The van der Waals surface area contributed by atoms with Crippen molar-refractivity contribution in [3.05, 3.63) is 35.8 Å². The predicted molar refractivity (Wildman–Crippen MR) is 131 cm³/mol. The molecule has 170 valence electrons. The van der Waals surface area contributed by atoms with Crippen LogP contribution in [0.2, 0.25) is 0 Å². The molecule has 2 N–H and O–H groups in total. The van der Waals surface area contributed by atoms with E-state index in [2.05, 4.69) is 56.3 Å². The molecule has 3 aromatic heterocycles. The van der Waals surface area contributed by atoms with Crippen LogP contribution in [0.15, 0.2) is 24.5 Å². The molecule has 5 rings (SSSR count). The van der Waals surface area contributed by atoms with Crippen molar-refractivity contribution in [3.8, 4) is 0 Å². The topological polar surface area (TPSA) is 74.1 Å². The van der Waals surface area contributed by atoms with Crippen LogP contribution in [0.5, 0.6) is 0 Å². The maximum absolute atomic E-state index is 4.98. The Morgan fingerprint density at radius 3 is 2.47 bits per heavy atom. The summed E-state index contributed by atoms with van der Waals surface area (Å²) in [6.45, 7) is 10.6.